The summed E-state index contributed by atoms with van der Waals surface area (Å²) in [6, 6.07) is 3.93. The van der Waals surface area contributed by atoms with Crippen molar-refractivity contribution in [3.05, 3.63) is 31.1 Å². The summed E-state index contributed by atoms with van der Waals surface area (Å²) in [6.45, 7) is 9.69. The molecule has 1 amide bonds. The first-order chi connectivity index (χ1) is 12.7. The van der Waals surface area contributed by atoms with E-state index in [0.717, 1.165) is 32.5 Å². The van der Waals surface area contributed by atoms with Gasteiger partial charge in [-0.2, -0.15) is 0 Å². The van der Waals surface area contributed by atoms with Gasteiger partial charge in [0.2, 0.25) is 11.7 Å². The Morgan fingerprint density at radius 1 is 1.46 bits per heavy atom. The van der Waals surface area contributed by atoms with Crippen molar-refractivity contribution in [3.8, 4) is 11.6 Å². The molecule has 0 spiro atoms. The summed E-state index contributed by atoms with van der Waals surface area (Å²) in [7, 11) is 0. The summed E-state index contributed by atoms with van der Waals surface area (Å²) in [5, 5.41) is 12.2. The molecule has 0 aliphatic carbocycles. The van der Waals surface area contributed by atoms with Crippen LogP contribution < -0.4 is 5.32 Å². The quantitative estimate of drug-likeness (QED) is 0.564. The highest BCUT2D eigenvalue weighted by Crippen LogP contribution is 2.24. The molecule has 8 heteroatoms. The van der Waals surface area contributed by atoms with E-state index in [-0.39, 0.29) is 11.9 Å². The number of allylic oxidation sites excluding steroid dienone is 1. The minimum absolute atomic E-state index is 0.0395. The standard InChI is InChI=1S/C18H25N5O2S/c1-3-9-23-17(15-6-5-12-25-15)20-21-18(23)26-13-16(24)19-14-7-10-22(4-2)11-8-14/h3,5-6,12,14H,1,4,7-11,13H2,2H3,(H,19,24). The average Bonchev–Trinajstić information content (AvgIpc) is 3.31. The lowest BCUT2D eigenvalue weighted by Gasteiger charge is -2.31. The highest BCUT2D eigenvalue weighted by molar-refractivity contribution is 7.99. The average molecular weight is 375 g/mol. The number of hydrogen-bond acceptors (Lipinski definition) is 6. The number of likely N-dealkylation sites (tertiary alicyclic amines) is 1. The van der Waals surface area contributed by atoms with Gasteiger partial charge in [-0.15, -0.1) is 16.8 Å². The highest BCUT2D eigenvalue weighted by atomic mass is 32.2. The van der Waals surface area contributed by atoms with Gasteiger partial charge in [0.1, 0.15) is 0 Å². The van der Waals surface area contributed by atoms with Crippen LogP contribution in [0.5, 0.6) is 0 Å². The van der Waals surface area contributed by atoms with E-state index in [0.29, 0.717) is 29.0 Å². The number of carbonyl (C=O) groups is 1. The molecule has 0 atom stereocenters. The van der Waals surface area contributed by atoms with Gasteiger partial charge in [0.05, 0.1) is 12.0 Å². The van der Waals surface area contributed by atoms with Crippen molar-refractivity contribution < 1.29 is 9.21 Å². The van der Waals surface area contributed by atoms with Gasteiger partial charge in [-0.1, -0.05) is 24.8 Å². The number of rotatable bonds is 8. The van der Waals surface area contributed by atoms with Crippen molar-refractivity contribution in [1.29, 1.82) is 0 Å². The van der Waals surface area contributed by atoms with Gasteiger partial charge in [-0.3, -0.25) is 9.36 Å². The number of thioether (sulfide) groups is 1. The lowest BCUT2D eigenvalue weighted by molar-refractivity contribution is -0.119. The fraction of sp³-hybridized carbons (Fsp3) is 0.500. The predicted molar refractivity (Wildman–Crippen MR) is 102 cm³/mol. The van der Waals surface area contributed by atoms with E-state index in [1.165, 1.54) is 11.8 Å². The Hall–Kier alpha value is -2.06. The molecule has 1 saturated heterocycles. The molecule has 0 saturated carbocycles. The third kappa shape index (κ3) is 4.56. The maximum atomic E-state index is 12.3. The van der Waals surface area contributed by atoms with Gasteiger partial charge in [0, 0.05) is 25.7 Å². The molecule has 7 nitrogen and oxygen atoms in total. The van der Waals surface area contributed by atoms with E-state index in [2.05, 4.69) is 33.9 Å². The number of carbonyl (C=O) groups excluding carboxylic acids is 1. The first-order valence-electron chi connectivity index (χ1n) is 8.93. The van der Waals surface area contributed by atoms with Crippen molar-refractivity contribution in [2.75, 3.05) is 25.4 Å². The third-order valence-corrected chi connectivity index (χ3v) is 5.47. The first kappa shape index (κ1) is 18.7. The topological polar surface area (TPSA) is 76.2 Å². The normalized spacial score (nSPS) is 15.9. The Balaban J connectivity index is 1.56. The van der Waals surface area contributed by atoms with Crippen molar-refractivity contribution in [2.24, 2.45) is 0 Å². The second kappa shape index (κ2) is 9.05. The molecule has 1 aliphatic rings. The molecule has 0 radical (unpaired) electrons. The number of aromatic nitrogens is 3. The lowest BCUT2D eigenvalue weighted by atomic mass is 10.1. The zero-order valence-electron chi connectivity index (χ0n) is 15.1. The van der Waals surface area contributed by atoms with Crippen molar-refractivity contribution in [1.82, 2.24) is 25.0 Å². The van der Waals surface area contributed by atoms with E-state index >= 15 is 0 Å². The van der Waals surface area contributed by atoms with Crippen molar-refractivity contribution >= 4 is 17.7 Å². The van der Waals surface area contributed by atoms with E-state index in [1.807, 2.05) is 16.7 Å². The van der Waals surface area contributed by atoms with E-state index in [1.54, 1.807) is 12.3 Å². The number of hydrogen-bond donors (Lipinski definition) is 1. The molecule has 140 valence electrons. The smallest absolute Gasteiger partial charge is 0.230 e. The Morgan fingerprint density at radius 2 is 2.27 bits per heavy atom. The second-order valence-corrected chi connectivity index (χ2v) is 7.19. The van der Waals surface area contributed by atoms with Crippen LogP contribution in [-0.4, -0.2) is 57.0 Å². The molecule has 0 aromatic carbocycles. The number of furan rings is 1. The minimum Gasteiger partial charge on any atom is -0.461 e. The maximum Gasteiger partial charge on any atom is 0.230 e. The molecule has 2 aromatic rings. The molecule has 1 N–H and O–H groups in total. The molecule has 3 heterocycles. The second-order valence-electron chi connectivity index (χ2n) is 6.25. The summed E-state index contributed by atoms with van der Waals surface area (Å²) >= 11 is 1.38. The predicted octanol–water partition coefficient (Wildman–Crippen LogP) is 2.42. The van der Waals surface area contributed by atoms with Crippen molar-refractivity contribution in [2.45, 2.75) is 37.5 Å². The lowest BCUT2D eigenvalue weighted by Crippen LogP contribution is -2.45. The molecule has 0 unspecified atom stereocenters. The van der Waals surface area contributed by atoms with Crippen LogP contribution in [0.25, 0.3) is 11.6 Å². The zero-order valence-corrected chi connectivity index (χ0v) is 15.9. The Kier molecular flexibility index (Phi) is 6.51. The fourth-order valence-corrected chi connectivity index (χ4v) is 3.83. The summed E-state index contributed by atoms with van der Waals surface area (Å²) in [5.74, 6) is 1.65. The maximum absolute atomic E-state index is 12.3. The van der Waals surface area contributed by atoms with Gasteiger partial charge in [0.25, 0.3) is 0 Å². The van der Waals surface area contributed by atoms with Crippen LogP contribution in [0, 0.1) is 0 Å². The summed E-state index contributed by atoms with van der Waals surface area (Å²) in [5.41, 5.74) is 0. The van der Waals surface area contributed by atoms with E-state index < -0.39 is 0 Å². The molecular formula is C18H25N5O2S. The van der Waals surface area contributed by atoms with Crippen molar-refractivity contribution in [3.63, 3.8) is 0 Å². The van der Waals surface area contributed by atoms with Crippen LogP contribution >= 0.6 is 11.8 Å². The Bertz CT molecular complexity index is 720. The van der Waals surface area contributed by atoms with Gasteiger partial charge in [0.15, 0.2) is 10.9 Å². The SMILES string of the molecule is C=CCn1c(SCC(=O)NC2CCN(CC)CC2)nnc1-c1ccco1. The summed E-state index contributed by atoms with van der Waals surface area (Å²) in [6.07, 6.45) is 5.41. The van der Waals surface area contributed by atoms with Crippen LogP contribution in [0.3, 0.4) is 0 Å². The summed E-state index contributed by atoms with van der Waals surface area (Å²) in [4.78, 5) is 14.7. The Labute approximate surface area is 157 Å². The molecule has 2 aromatic heterocycles. The molecule has 3 rings (SSSR count). The highest BCUT2D eigenvalue weighted by Gasteiger charge is 2.21. The molecule has 1 aliphatic heterocycles. The van der Waals surface area contributed by atoms with E-state index in [9.17, 15) is 4.79 Å². The first-order valence-corrected chi connectivity index (χ1v) is 9.92. The van der Waals surface area contributed by atoms with Gasteiger partial charge in [-0.25, -0.2) is 0 Å². The summed E-state index contributed by atoms with van der Waals surface area (Å²) < 4.78 is 7.32. The van der Waals surface area contributed by atoms with Crippen LogP contribution in [-0.2, 0) is 11.3 Å². The molecule has 0 bridgehead atoms. The number of nitrogens with zero attached hydrogens (tertiary/aromatic N) is 4. The molecule has 1 fully saturated rings. The van der Waals surface area contributed by atoms with Gasteiger partial charge in [-0.05, 0) is 31.5 Å². The Morgan fingerprint density at radius 3 is 2.92 bits per heavy atom. The monoisotopic (exact) mass is 375 g/mol. The minimum atomic E-state index is 0.0395. The van der Waals surface area contributed by atoms with Crippen LogP contribution in [0.4, 0.5) is 0 Å². The van der Waals surface area contributed by atoms with Crippen LogP contribution in [0.1, 0.15) is 19.8 Å². The zero-order chi connectivity index (χ0) is 18.4. The number of piperidine rings is 1. The molecule has 26 heavy (non-hydrogen) atoms. The number of nitrogens with one attached hydrogen (secondary N) is 1. The molecular weight excluding hydrogens is 350 g/mol. The van der Waals surface area contributed by atoms with E-state index in [4.69, 9.17) is 4.42 Å². The number of amides is 1. The third-order valence-electron chi connectivity index (χ3n) is 4.50. The van der Waals surface area contributed by atoms with Gasteiger partial charge < -0.3 is 14.6 Å². The van der Waals surface area contributed by atoms with Crippen LogP contribution in [0.15, 0.2) is 40.6 Å². The fourth-order valence-electron chi connectivity index (χ4n) is 3.07. The van der Waals surface area contributed by atoms with Gasteiger partial charge >= 0.3 is 0 Å². The van der Waals surface area contributed by atoms with Crippen LogP contribution in [0.2, 0.25) is 0 Å². The largest absolute Gasteiger partial charge is 0.461 e.